The van der Waals surface area contributed by atoms with Crippen molar-refractivity contribution < 1.29 is 4.52 Å². The first-order valence-corrected chi connectivity index (χ1v) is 6.40. The summed E-state index contributed by atoms with van der Waals surface area (Å²) in [5, 5.41) is 4.10. The van der Waals surface area contributed by atoms with Gasteiger partial charge in [0.25, 0.3) is 0 Å². The molecule has 100 valence electrons. The molecule has 0 spiro atoms. The first-order valence-electron chi connectivity index (χ1n) is 6.40. The van der Waals surface area contributed by atoms with Crippen LogP contribution in [0, 0.1) is 13.8 Å². The molecule has 0 aliphatic carbocycles. The van der Waals surface area contributed by atoms with Crippen molar-refractivity contribution in [3.63, 3.8) is 0 Å². The molecule has 4 nitrogen and oxygen atoms in total. The number of hydrogen-bond donors (Lipinski definition) is 1. The Morgan fingerprint density at radius 1 is 1.05 bits per heavy atom. The standard InChI is InChI=1S/C16H15N3O/c1-10-7-11(2)9-12(8-10)15-14(16(17)20-19-15)13-5-3-4-6-18-13/h3-9H,17H2,1-2H3. The van der Waals surface area contributed by atoms with Crippen LogP contribution in [-0.2, 0) is 0 Å². The minimum absolute atomic E-state index is 0.290. The van der Waals surface area contributed by atoms with Crippen LogP contribution in [0.5, 0.6) is 0 Å². The topological polar surface area (TPSA) is 64.9 Å². The summed E-state index contributed by atoms with van der Waals surface area (Å²) in [5.41, 5.74) is 11.5. The molecule has 1 aromatic carbocycles. The number of nitrogens with two attached hydrogens (primary N) is 1. The zero-order chi connectivity index (χ0) is 14.1. The molecule has 0 unspecified atom stereocenters. The highest BCUT2D eigenvalue weighted by atomic mass is 16.5. The maximum Gasteiger partial charge on any atom is 0.232 e. The van der Waals surface area contributed by atoms with E-state index >= 15 is 0 Å². The second kappa shape index (κ2) is 4.81. The normalized spacial score (nSPS) is 10.7. The van der Waals surface area contributed by atoms with Crippen LogP contribution in [0.3, 0.4) is 0 Å². The van der Waals surface area contributed by atoms with Crippen molar-refractivity contribution in [2.45, 2.75) is 13.8 Å². The molecule has 0 aliphatic heterocycles. The van der Waals surface area contributed by atoms with Gasteiger partial charge in [-0.25, -0.2) is 0 Å². The molecular formula is C16H15N3O. The molecule has 2 aromatic heterocycles. The van der Waals surface area contributed by atoms with Gasteiger partial charge in [0.2, 0.25) is 5.88 Å². The van der Waals surface area contributed by atoms with Gasteiger partial charge in [-0.3, -0.25) is 4.98 Å². The summed E-state index contributed by atoms with van der Waals surface area (Å²) < 4.78 is 5.17. The Hall–Kier alpha value is -2.62. The number of rotatable bonds is 2. The zero-order valence-corrected chi connectivity index (χ0v) is 11.4. The predicted octanol–water partition coefficient (Wildman–Crippen LogP) is 3.60. The molecule has 0 fully saturated rings. The van der Waals surface area contributed by atoms with E-state index in [1.165, 1.54) is 11.1 Å². The minimum Gasteiger partial charge on any atom is -0.367 e. The lowest BCUT2D eigenvalue weighted by Crippen LogP contribution is -1.90. The number of aryl methyl sites for hydroxylation is 2. The van der Waals surface area contributed by atoms with Crippen LogP contribution in [-0.4, -0.2) is 10.1 Å². The predicted molar refractivity (Wildman–Crippen MR) is 79.1 cm³/mol. The van der Waals surface area contributed by atoms with E-state index in [4.69, 9.17) is 10.3 Å². The van der Waals surface area contributed by atoms with E-state index in [1.54, 1.807) is 6.20 Å². The van der Waals surface area contributed by atoms with Crippen LogP contribution in [0.15, 0.2) is 47.1 Å². The summed E-state index contributed by atoms with van der Waals surface area (Å²) in [6, 6.07) is 11.9. The fraction of sp³-hybridized carbons (Fsp3) is 0.125. The molecule has 0 saturated heterocycles. The molecule has 3 aromatic rings. The van der Waals surface area contributed by atoms with Crippen LogP contribution in [0.2, 0.25) is 0 Å². The molecule has 0 atom stereocenters. The summed E-state index contributed by atoms with van der Waals surface area (Å²) >= 11 is 0. The Morgan fingerprint density at radius 3 is 2.45 bits per heavy atom. The summed E-state index contributed by atoms with van der Waals surface area (Å²) in [5.74, 6) is 0.290. The fourth-order valence-electron chi connectivity index (χ4n) is 2.37. The highest BCUT2D eigenvalue weighted by Gasteiger charge is 2.18. The number of hydrogen-bond acceptors (Lipinski definition) is 4. The lowest BCUT2D eigenvalue weighted by atomic mass is 10.0. The van der Waals surface area contributed by atoms with Crippen molar-refractivity contribution in [3.8, 4) is 22.5 Å². The highest BCUT2D eigenvalue weighted by molar-refractivity contribution is 5.85. The first-order chi connectivity index (χ1) is 9.65. The number of pyridine rings is 1. The van der Waals surface area contributed by atoms with Crippen molar-refractivity contribution >= 4 is 5.88 Å². The van der Waals surface area contributed by atoms with E-state index in [0.29, 0.717) is 0 Å². The molecule has 0 amide bonds. The Kier molecular flexibility index (Phi) is 2.99. The van der Waals surface area contributed by atoms with E-state index in [0.717, 1.165) is 22.5 Å². The number of nitrogen functional groups attached to an aromatic ring is 1. The average Bonchev–Trinajstić information content (AvgIpc) is 2.80. The van der Waals surface area contributed by atoms with E-state index in [-0.39, 0.29) is 5.88 Å². The van der Waals surface area contributed by atoms with Gasteiger partial charge < -0.3 is 10.3 Å². The molecule has 3 rings (SSSR count). The van der Waals surface area contributed by atoms with Gasteiger partial charge in [-0.15, -0.1) is 0 Å². The van der Waals surface area contributed by atoms with Crippen molar-refractivity contribution in [2.75, 3.05) is 5.73 Å². The molecule has 4 heteroatoms. The van der Waals surface area contributed by atoms with Crippen LogP contribution >= 0.6 is 0 Å². The van der Waals surface area contributed by atoms with Gasteiger partial charge in [0.15, 0.2) is 0 Å². The van der Waals surface area contributed by atoms with E-state index in [9.17, 15) is 0 Å². The van der Waals surface area contributed by atoms with Crippen LogP contribution in [0.4, 0.5) is 5.88 Å². The SMILES string of the molecule is Cc1cc(C)cc(-c2noc(N)c2-c2ccccn2)c1. The summed E-state index contributed by atoms with van der Waals surface area (Å²) in [6.45, 7) is 4.11. The fourth-order valence-corrected chi connectivity index (χ4v) is 2.37. The van der Waals surface area contributed by atoms with E-state index in [1.807, 2.05) is 18.2 Å². The summed E-state index contributed by atoms with van der Waals surface area (Å²) in [7, 11) is 0. The minimum atomic E-state index is 0.290. The van der Waals surface area contributed by atoms with E-state index < -0.39 is 0 Å². The van der Waals surface area contributed by atoms with Crippen LogP contribution in [0.25, 0.3) is 22.5 Å². The third kappa shape index (κ3) is 2.16. The first kappa shape index (κ1) is 12.4. The maximum absolute atomic E-state index is 5.92. The van der Waals surface area contributed by atoms with Crippen LogP contribution in [0.1, 0.15) is 11.1 Å². The summed E-state index contributed by atoms with van der Waals surface area (Å²) in [6.07, 6.45) is 1.73. The zero-order valence-electron chi connectivity index (χ0n) is 11.4. The quantitative estimate of drug-likeness (QED) is 0.768. The molecule has 0 saturated carbocycles. The van der Waals surface area contributed by atoms with Crippen molar-refractivity contribution in [3.05, 3.63) is 53.7 Å². The second-order valence-corrected chi connectivity index (χ2v) is 4.86. The lowest BCUT2D eigenvalue weighted by Gasteiger charge is -2.04. The molecule has 0 bridgehead atoms. The van der Waals surface area contributed by atoms with Gasteiger partial charge in [-0.1, -0.05) is 28.4 Å². The number of aromatic nitrogens is 2. The molecule has 0 radical (unpaired) electrons. The van der Waals surface area contributed by atoms with Gasteiger partial charge in [0, 0.05) is 11.8 Å². The molecule has 20 heavy (non-hydrogen) atoms. The lowest BCUT2D eigenvalue weighted by molar-refractivity contribution is 0.439. The second-order valence-electron chi connectivity index (χ2n) is 4.86. The maximum atomic E-state index is 5.92. The van der Waals surface area contributed by atoms with Gasteiger partial charge in [-0.05, 0) is 38.1 Å². The highest BCUT2D eigenvalue weighted by Crippen LogP contribution is 2.35. The van der Waals surface area contributed by atoms with Gasteiger partial charge in [0.05, 0.1) is 11.3 Å². The third-order valence-electron chi connectivity index (χ3n) is 3.13. The Labute approximate surface area is 117 Å². The average molecular weight is 265 g/mol. The molecule has 2 N–H and O–H groups in total. The number of anilines is 1. The molecular weight excluding hydrogens is 250 g/mol. The van der Waals surface area contributed by atoms with Crippen molar-refractivity contribution in [2.24, 2.45) is 0 Å². The van der Waals surface area contributed by atoms with Crippen molar-refractivity contribution in [1.29, 1.82) is 0 Å². The van der Waals surface area contributed by atoms with E-state index in [2.05, 4.69) is 42.2 Å². The Bertz CT molecular complexity index is 727. The third-order valence-corrected chi connectivity index (χ3v) is 3.13. The Balaban J connectivity index is 2.21. The van der Waals surface area contributed by atoms with Crippen molar-refractivity contribution in [1.82, 2.24) is 10.1 Å². The largest absolute Gasteiger partial charge is 0.367 e. The Morgan fingerprint density at radius 2 is 1.80 bits per heavy atom. The van der Waals surface area contributed by atoms with Gasteiger partial charge in [0.1, 0.15) is 5.69 Å². The van der Waals surface area contributed by atoms with Crippen LogP contribution < -0.4 is 5.73 Å². The molecule has 2 heterocycles. The number of benzene rings is 1. The van der Waals surface area contributed by atoms with Gasteiger partial charge >= 0.3 is 0 Å². The number of nitrogens with zero attached hydrogens (tertiary/aromatic N) is 2. The van der Waals surface area contributed by atoms with Gasteiger partial charge in [-0.2, -0.15) is 0 Å². The smallest absolute Gasteiger partial charge is 0.232 e. The summed E-state index contributed by atoms with van der Waals surface area (Å²) in [4.78, 5) is 4.33. The monoisotopic (exact) mass is 265 g/mol. The molecule has 0 aliphatic rings.